The van der Waals surface area contributed by atoms with Gasteiger partial charge in [0, 0.05) is 0 Å². The molecule has 0 radical (unpaired) electrons. The predicted molar refractivity (Wildman–Crippen MR) is 31.3 cm³/mol. The molecule has 10 heavy (non-hydrogen) atoms. The molecule has 0 amide bonds. The molecule has 0 bridgehead atoms. The summed E-state index contributed by atoms with van der Waals surface area (Å²) in [5.41, 5.74) is 7.82. The Balaban J connectivity index is 3.79. The van der Waals surface area contributed by atoms with Crippen LogP contribution >= 0.6 is 0 Å². The quantitative estimate of drug-likeness (QED) is 0.174. The first-order valence-electron chi connectivity index (χ1n) is 2.47. The highest BCUT2D eigenvalue weighted by Gasteiger charge is 2.09. The molecule has 0 fully saturated rings. The van der Waals surface area contributed by atoms with Gasteiger partial charge >= 0.3 is 12.2 Å². The number of ketones is 1. The zero-order valence-electron chi connectivity index (χ0n) is 5.40. The van der Waals surface area contributed by atoms with E-state index in [1.54, 1.807) is 0 Å². The molecule has 0 saturated carbocycles. The number of nitrogens with zero attached hydrogens (tertiary/aromatic N) is 2. The Morgan fingerprint density at radius 1 is 1.70 bits per heavy atom. The third-order valence-corrected chi connectivity index (χ3v) is 0.748. The van der Waals surface area contributed by atoms with Gasteiger partial charge in [0.25, 0.3) is 0 Å². The Kier molecular flexibility index (Phi) is 3.75. The second-order valence-corrected chi connectivity index (χ2v) is 1.46. The van der Waals surface area contributed by atoms with Crippen LogP contribution in [0.3, 0.4) is 0 Å². The van der Waals surface area contributed by atoms with Gasteiger partial charge in [0.2, 0.25) is 5.78 Å². The zero-order valence-corrected chi connectivity index (χ0v) is 5.40. The molecule has 0 aromatic heterocycles. The fourth-order valence-corrected chi connectivity index (χ4v) is 0.324. The van der Waals surface area contributed by atoms with Gasteiger partial charge in [-0.2, -0.15) is 4.79 Å². The van der Waals surface area contributed by atoms with Crippen LogP contribution in [0.15, 0.2) is 0 Å². The van der Waals surface area contributed by atoms with E-state index in [-0.39, 0.29) is 6.42 Å². The van der Waals surface area contributed by atoms with Gasteiger partial charge in [-0.3, -0.25) is 9.59 Å². The lowest BCUT2D eigenvalue weighted by molar-refractivity contribution is -0.142. The molecule has 0 spiro atoms. The number of ether oxygens (including phenoxy) is 1. The van der Waals surface area contributed by atoms with Crippen LogP contribution in [0.5, 0.6) is 0 Å². The first kappa shape index (κ1) is 8.52. The van der Waals surface area contributed by atoms with E-state index in [9.17, 15) is 9.59 Å². The average molecular weight is 142 g/mol. The third kappa shape index (κ3) is 3.51. The second-order valence-electron chi connectivity index (χ2n) is 1.46. The Morgan fingerprint density at radius 2 is 2.30 bits per heavy atom. The van der Waals surface area contributed by atoms with Crippen molar-refractivity contribution >= 4 is 18.0 Å². The van der Waals surface area contributed by atoms with E-state index in [0.717, 1.165) is 0 Å². The maximum Gasteiger partial charge on any atom is 0.323 e. The van der Waals surface area contributed by atoms with Crippen molar-refractivity contribution in [2.75, 3.05) is 7.11 Å². The van der Waals surface area contributed by atoms with Crippen molar-refractivity contribution in [2.45, 2.75) is 6.42 Å². The smallest absolute Gasteiger partial charge is 0.323 e. The van der Waals surface area contributed by atoms with E-state index in [4.69, 9.17) is 5.53 Å². The second kappa shape index (κ2) is 4.40. The lowest BCUT2D eigenvalue weighted by Crippen LogP contribution is -2.10. The molecular formula is C5H6N2O3. The number of Topliss-reactive ketones (excluding diaryl/α,β-unsaturated/α-hetero) is 1. The van der Waals surface area contributed by atoms with Crippen molar-refractivity contribution in [1.29, 1.82) is 0 Å². The van der Waals surface area contributed by atoms with Gasteiger partial charge in [-0.15, -0.1) is 0 Å². The zero-order chi connectivity index (χ0) is 7.98. The molecule has 5 heteroatoms. The third-order valence-electron chi connectivity index (χ3n) is 0.748. The molecular weight excluding hydrogens is 136 g/mol. The molecule has 5 nitrogen and oxygen atoms in total. The molecule has 0 rings (SSSR count). The molecule has 0 aromatic carbocycles. The fourth-order valence-electron chi connectivity index (χ4n) is 0.324. The summed E-state index contributed by atoms with van der Waals surface area (Å²) in [5.74, 6) is -1.24. The molecule has 0 aliphatic carbocycles. The predicted octanol–water partition coefficient (Wildman–Crippen LogP) is -0.581. The Bertz CT molecular complexity index is 193. The van der Waals surface area contributed by atoms with Gasteiger partial charge in [-0.25, -0.2) is 0 Å². The molecule has 0 atom stereocenters. The van der Waals surface area contributed by atoms with Crippen LogP contribution in [0, 0.1) is 0 Å². The number of hydrogen-bond donors (Lipinski definition) is 0. The van der Waals surface area contributed by atoms with E-state index >= 15 is 0 Å². The van der Waals surface area contributed by atoms with Crippen LogP contribution in [-0.4, -0.2) is 29.9 Å². The maximum atomic E-state index is 10.4. The van der Waals surface area contributed by atoms with Crippen molar-refractivity contribution in [2.24, 2.45) is 0 Å². The summed E-state index contributed by atoms with van der Waals surface area (Å²) in [6.45, 7) is 0. The molecule has 0 aromatic rings. The van der Waals surface area contributed by atoms with E-state index in [0.29, 0.717) is 6.21 Å². The van der Waals surface area contributed by atoms with Gasteiger partial charge in [0.05, 0.1) is 7.11 Å². The standard InChI is InChI=1S/C5H6N2O3/c1-10-5(9)2-4(8)3-7-6/h3H,2H2,1H3. The van der Waals surface area contributed by atoms with Gasteiger partial charge in [0.1, 0.15) is 6.42 Å². The number of hydrogen-bond acceptors (Lipinski definition) is 3. The summed E-state index contributed by atoms with van der Waals surface area (Å²) < 4.78 is 4.16. The van der Waals surface area contributed by atoms with E-state index in [2.05, 4.69) is 9.53 Å². The number of carbonyl (C=O) groups excluding carboxylic acids is 2. The molecule has 0 heterocycles. The SMILES string of the molecule is COC(=O)CC(=O)C=[N+]=[N-]. The van der Waals surface area contributed by atoms with E-state index in [1.807, 2.05) is 0 Å². The minimum atomic E-state index is -0.648. The molecule has 0 aliphatic heterocycles. The van der Waals surface area contributed by atoms with E-state index < -0.39 is 11.8 Å². The summed E-state index contributed by atoms with van der Waals surface area (Å²) in [4.78, 5) is 23.2. The first-order valence-corrected chi connectivity index (χ1v) is 2.47. The number of methoxy groups -OCH3 is 1. The summed E-state index contributed by atoms with van der Waals surface area (Å²) in [6, 6.07) is 0. The largest absolute Gasteiger partial charge is 0.469 e. The van der Waals surface area contributed by atoms with Gasteiger partial charge in [0.15, 0.2) is 0 Å². The number of carbonyl (C=O) groups is 2. The Morgan fingerprint density at radius 3 is 2.70 bits per heavy atom. The molecule has 0 aliphatic rings. The van der Waals surface area contributed by atoms with Crippen LogP contribution in [0.2, 0.25) is 0 Å². The minimum Gasteiger partial charge on any atom is -0.469 e. The molecule has 54 valence electrons. The van der Waals surface area contributed by atoms with Crippen molar-refractivity contribution in [3.05, 3.63) is 5.53 Å². The number of esters is 1. The molecule has 0 unspecified atom stereocenters. The van der Waals surface area contributed by atoms with Crippen molar-refractivity contribution in [1.82, 2.24) is 0 Å². The lowest BCUT2D eigenvalue weighted by Gasteiger charge is -1.89. The summed E-state index contributed by atoms with van der Waals surface area (Å²) in [7, 11) is 1.17. The monoisotopic (exact) mass is 142 g/mol. The van der Waals surface area contributed by atoms with Gasteiger partial charge in [-0.1, -0.05) is 0 Å². The number of rotatable bonds is 3. The highest BCUT2D eigenvalue weighted by atomic mass is 16.5. The summed E-state index contributed by atoms with van der Waals surface area (Å²) >= 11 is 0. The fraction of sp³-hybridized carbons (Fsp3) is 0.400. The maximum absolute atomic E-state index is 10.4. The van der Waals surface area contributed by atoms with Crippen molar-refractivity contribution in [3.8, 4) is 0 Å². The Hall–Kier alpha value is -1.48. The molecule has 0 N–H and O–H groups in total. The topological polar surface area (TPSA) is 79.8 Å². The van der Waals surface area contributed by atoms with Gasteiger partial charge in [-0.05, 0) is 0 Å². The van der Waals surface area contributed by atoms with Crippen molar-refractivity contribution < 1.29 is 19.1 Å². The lowest BCUT2D eigenvalue weighted by atomic mass is 10.3. The van der Waals surface area contributed by atoms with Crippen LogP contribution in [0.4, 0.5) is 0 Å². The van der Waals surface area contributed by atoms with E-state index in [1.165, 1.54) is 7.11 Å². The average Bonchev–Trinajstić information content (AvgIpc) is 1.88. The van der Waals surface area contributed by atoms with Gasteiger partial charge < -0.3 is 10.3 Å². The first-order chi connectivity index (χ1) is 4.70. The highest BCUT2D eigenvalue weighted by molar-refractivity contribution is 6.29. The highest BCUT2D eigenvalue weighted by Crippen LogP contribution is 1.82. The summed E-state index contributed by atoms with van der Waals surface area (Å²) in [5, 5.41) is 0. The Labute approximate surface area is 57.2 Å². The molecule has 0 saturated heterocycles. The normalized spacial score (nSPS) is 7.70. The summed E-state index contributed by atoms with van der Waals surface area (Å²) in [6.07, 6.45) is 0.261. The van der Waals surface area contributed by atoms with Crippen molar-refractivity contribution in [3.63, 3.8) is 0 Å². The van der Waals surface area contributed by atoms with Crippen LogP contribution in [-0.2, 0) is 14.3 Å². The van der Waals surface area contributed by atoms with Crippen LogP contribution in [0.25, 0.3) is 5.53 Å². The van der Waals surface area contributed by atoms with Crippen LogP contribution in [0.1, 0.15) is 6.42 Å². The minimum absolute atomic E-state index is 0.388. The van der Waals surface area contributed by atoms with Crippen LogP contribution < -0.4 is 0 Å².